The second kappa shape index (κ2) is 8.31. The third-order valence-corrected chi connectivity index (χ3v) is 4.27. The third-order valence-electron chi connectivity index (χ3n) is 4.27. The van der Waals surface area contributed by atoms with Crippen LogP contribution in [0.15, 0.2) is 46.4 Å². The molecule has 0 radical (unpaired) electrons. The lowest BCUT2D eigenvalue weighted by molar-refractivity contribution is -0.137. The molecule has 0 aliphatic carbocycles. The minimum absolute atomic E-state index is 0.0555. The summed E-state index contributed by atoms with van der Waals surface area (Å²) in [5.74, 6) is -0.166. The number of hydrogen-bond acceptors (Lipinski definition) is 4. The normalized spacial score (nSPS) is 17.4. The maximum atomic E-state index is 12.9. The van der Waals surface area contributed by atoms with Crippen LogP contribution in [0.2, 0.25) is 0 Å². The zero-order valence-corrected chi connectivity index (χ0v) is 14.8. The molecule has 1 aliphatic heterocycles. The van der Waals surface area contributed by atoms with E-state index in [1.165, 1.54) is 30.3 Å². The van der Waals surface area contributed by atoms with Crippen LogP contribution >= 0.6 is 0 Å². The Balaban J connectivity index is 1.73. The van der Waals surface area contributed by atoms with Crippen molar-refractivity contribution in [1.82, 2.24) is 5.32 Å². The zero-order valence-electron chi connectivity index (χ0n) is 14.8. The fourth-order valence-corrected chi connectivity index (χ4v) is 2.83. The van der Waals surface area contributed by atoms with Crippen LogP contribution in [0.4, 0.5) is 13.2 Å². The summed E-state index contributed by atoms with van der Waals surface area (Å²) in [4.78, 5) is 12.1. The van der Waals surface area contributed by atoms with Gasteiger partial charge in [0, 0.05) is 24.8 Å². The number of halogens is 3. The summed E-state index contributed by atoms with van der Waals surface area (Å²) in [5, 5.41) is 11.9. The van der Waals surface area contributed by atoms with Gasteiger partial charge < -0.3 is 14.5 Å². The number of ether oxygens (including phenoxy) is 1. The molecule has 0 bridgehead atoms. The van der Waals surface area contributed by atoms with E-state index in [1.807, 2.05) is 0 Å². The number of nitrogens with one attached hydrogen (secondary N) is 1. The lowest BCUT2D eigenvalue weighted by Gasteiger charge is -2.09. The number of furan rings is 1. The molecule has 28 heavy (non-hydrogen) atoms. The molecule has 3 rings (SSSR count). The van der Waals surface area contributed by atoms with E-state index < -0.39 is 17.6 Å². The Labute approximate surface area is 159 Å². The SMILES string of the molecule is N#C/C(=C/c1ccc(-c2cccc(C(F)(F)F)c2)o1)C(=O)NC[C@H]1CCCO1. The van der Waals surface area contributed by atoms with Gasteiger partial charge in [0.1, 0.15) is 23.2 Å². The van der Waals surface area contributed by atoms with Crippen LogP contribution < -0.4 is 5.32 Å². The van der Waals surface area contributed by atoms with Gasteiger partial charge in [-0.3, -0.25) is 4.79 Å². The number of benzene rings is 1. The van der Waals surface area contributed by atoms with Crippen LogP contribution in [0, 0.1) is 11.3 Å². The van der Waals surface area contributed by atoms with Crippen molar-refractivity contribution in [3.8, 4) is 17.4 Å². The molecule has 1 saturated heterocycles. The second-order valence-electron chi connectivity index (χ2n) is 6.30. The number of nitriles is 1. The number of carbonyl (C=O) groups excluding carboxylic acids is 1. The smallest absolute Gasteiger partial charge is 0.416 e. The molecule has 2 aromatic rings. The molecule has 2 heterocycles. The number of alkyl halides is 3. The van der Waals surface area contributed by atoms with Crippen molar-refractivity contribution < 1.29 is 27.1 Å². The average molecular weight is 390 g/mol. The van der Waals surface area contributed by atoms with Crippen molar-refractivity contribution in [3.05, 3.63) is 53.3 Å². The molecular weight excluding hydrogens is 373 g/mol. The van der Waals surface area contributed by atoms with E-state index in [4.69, 9.17) is 9.15 Å². The Bertz CT molecular complexity index is 919. The second-order valence-corrected chi connectivity index (χ2v) is 6.30. The van der Waals surface area contributed by atoms with Gasteiger partial charge in [0.2, 0.25) is 0 Å². The van der Waals surface area contributed by atoms with Crippen molar-refractivity contribution >= 4 is 12.0 Å². The van der Waals surface area contributed by atoms with E-state index in [0.29, 0.717) is 13.2 Å². The molecule has 1 amide bonds. The van der Waals surface area contributed by atoms with E-state index in [0.717, 1.165) is 25.0 Å². The monoisotopic (exact) mass is 390 g/mol. The summed E-state index contributed by atoms with van der Waals surface area (Å²) in [5.41, 5.74) is -0.705. The minimum atomic E-state index is -4.46. The summed E-state index contributed by atoms with van der Waals surface area (Å²) >= 11 is 0. The van der Waals surface area contributed by atoms with E-state index in [9.17, 15) is 23.2 Å². The van der Waals surface area contributed by atoms with Gasteiger partial charge in [-0.05, 0) is 37.1 Å². The molecule has 1 aromatic heterocycles. The number of amides is 1. The Morgan fingerprint density at radius 2 is 2.14 bits per heavy atom. The molecule has 0 spiro atoms. The first-order chi connectivity index (χ1) is 13.4. The first-order valence-corrected chi connectivity index (χ1v) is 8.66. The lowest BCUT2D eigenvalue weighted by Crippen LogP contribution is -2.32. The first-order valence-electron chi connectivity index (χ1n) is 8.66. The number of carbonyl (C=O) groups is 1. The largest absolute Gasteiger partial charge is 0.457 e. The molecule has 1 atom stereocenters. The minimum Gasteiger partial charge on any atom is -0.457 e. The van der Waals surface area contributed by atoms with Gasteiger partial charge in [-0.25, -0.2) is 0 Å². The van der Waals surface area contributed by atoms with Gasteiger partial charge in [-0.1, -0.05) is 12.1 Å². The highest BCUT2D eigenvalue weighted by molar-refractivity contribution is 6.01. The Morgan fingerprint density at radius 1 is 1.32 bits per heavy atom. The molecule has 5 nitrogen and oxygen atoms in total. The Kier molecular flexibility index (Phi) is 5.85. The molecule has 1 fully saturated rings. The van der Waals surface area contributed by atoms with E-state index in [2.05, 4.69) is 5.32 Å². The van der Waals surface area contributed by atoms with Crippen LogP contribution in [0.25, 0.3) is 17.4 Å². The van der Waals surface area contributed by atoms with Gasteiger partial charge in [0.15, 0.2) is 0 Å². The van der Waals surface area contributed by atoms with Gasteiger partial charge in [0.05, 0.1) is 11.7 Å². The molecule has 1 N–H and O–H groups in total. The quantitative estimate of drug-likeness (QED) is 0.614. The number of nitrogens with zero attached hydrogens (tertiary/aromatic N) is 1. The summed E-state index contributed by atoms with van der Waals surface area (Å²) in [6, 6.07) is 9.50. The summed E-state index contributed by atoms with van der Waals surface area (Å²) < 4.78 is 49.5. The van der Waals surface area contributed by atoms with Crippen LogP contribution in [0.1, 0.15) is 24.2 Å². The molecule has 146 valence electrons. The van der Waals surface area contributed by atoms with Gasteiger partial charge in [-0.15, -0.1) is 0 Å². The van der Waals surface area contributed by atoms with E-state index in [1.54, 1.807) is 6.07 Å². The van der Waals surface area contributed by atoms with Crippen molar-refractivity contribution in [1.29, 1.82) is 5.26 Å². The predicted octanol–water partition coefficient (Wildman–Crippen LogP) is 4.17. The van der Waals surface area contributed by atoms with E-state index in [-0.39, 0.29) is 28.8 Å². The molecule has 8 heteroatoms. The maximum Gasteiger partial charge on any atom is 0.416 e. The highest BCUT2D eigenvalue weighted by atomic mass is 19.4. The van der Waals surface area contributed by atoms with Gasteiger partial charge >= 0.3 is 6.18 Å². The van der Waals surface area contributed by atoms with Gasteiger partial charge in [0.25, 0.3) is 5.91 Å². The zero-order chi connectivity index (χ0) is 20.1. The molecule has 0 unspecified atom stereocenters. The van der Waals surface area contributed by atoms with Crippen molar-refractivity contribution in [2.75, 3.05) is 13.2 Å². The topological polar surface area (TPSA) is 75.3 Å². The number of hydrogen-bond donors (Lipinski definition) is 1. The highest BCUT2D eigenvalue weighted by Crippen LogP contribution is 2.32. The Morgan fingerprint density at radius 3 is 2.82 bits per heavy atom. The van der Waals surface area contributed by atoms with Crippen LogP contribution in [0.3, 0.4) is 0 Å². The van der Waals surface area contributed by atoms with Crippen molar-refractivity contribution in [2.24, 2.45) is 0 Å². The maximum absolute atomic E-state index is 12.9. The number of rotatable bonds is 5. The molecule has 1 aromatic carbocycles. The standard InChI is InChI=1S/C20H17F3N2O3/c21-20(22,23)15-4-1-3-13(9-15)18-7-6-16(28-18)10-14(11-24)19(26)25-12-17-5-2-8-27-17/h1,3-4,6-7,9-10,17H,2,5,8,12H2,(H,25,26)/b14-10-/t17-/m1/s1. The van der Waals surface area contributed by atoms with Crippen LogP contribution in [-0.2, 0) is 15.7 Å². The fraction of sp³-hybridized carbons (Fsp3) is 0.300. The summed E-state index contributed by atoms with van der Waals surface area (Å²) in [6.07, 6.45) is -1.47. The van der Waals surface area contributed by atoms with Crippen molar-refractivity contribution in [3.63, 3.8) is 0 Å². The lowest BCUT2D eigenvalue weighted by atomic mass is 10.1. The van der Waals surface area contributed by atoms with E-state index >= 15 is 0 Å². The van der Waals surface area contributed by atoms with Crippen LogP contribution in [0.5, 0.6) is 0 Å². The third kappa shape index (κ3) is 4.81. The molecule has 1 aliphatic rings. The van der Waals surface area contributed by atoms with Crippen LogP contribution in [-0.4, -0.2) is 25.2 Å². The Hall–Kier alpha value is -3.05. The first kappa shape index (κ1) is 19.7. The molecule has 0 saturated carbocycles. The fourth-order valence-electron chi connectivity index (χ4n) is 2.83. The molecular formula is C20H17F3N2O3. The predicted molar refractivity (Wildman–Crippen MR) is 94.7 cm³/mol. The summed E-state index contributed by atoms with van der Waals surface area (Å²) in [7, 11) is 0. The van der Waals surface area contributed by atoms with Gasteiger partial charge in [-0.2, -0.15) is 18.4 Å². The average Bonchev–Trinajstić information content (AvgIpc) is 3.35. The highest BCUT2D eigenvalue weighted by Gasteiger charge is 2.30. The summed E-state index contributed by atoms with van der Waals surface area (Å²) in [6.45, 7) is 0.970. The van der Waals surface area contributed by atoms with Crippen molar-refractivity contribution in [2.45, 2.75) is 25.1 Å².